The van der Waals surface area contributed by atoms with E-state index in [4.69, 9.17) is 33.0 Å². The van der Waals surface area contributed by atoms with Crippen LogP contribution in [0.15, 0.2) is 18.2 Å². The van der Waals surface area contributed by atoms with Crippen LogP contribution in [-0.2, 0) is 4.74 Å². The SMILES string of the molecule is OCCOCCNc1ccc(Cl)cc1Cl. The summed E-state index contributed by atoms with van der Waals surface area (Å²) in [7, 11) is 0. The number of benzene rings is 1. The molecular formula is C10H13Cl2NO2. The molecule has 2 N–H and O–H groups in total. The summed E-state index contributed by atoms with van der Waals surface area (Å²) in [6, 6.07) is 5.26. The summed E-state index contributed by atoms with van der Waals surface area (Å²) in [6.45, 7) is 1.57. The second-order valence-electron chi connectivity index (χ2n) is 2.89. The quantitative estimate of drug-likeness (QED) is 0.762. The summed E-state index contributed by atoms with van der Waals surface area (Å²) >= 11 is 11.7. The highest BCUT2D eigenvalue weighted by Crippen LogP contribution is 2.24. The van der Waals surface area contributed by atoms with E-state index in [2.05, 4.69) is 5.32 Å². The van der Waals surface area contributed by atoms with Crippen LogP contribution in [0.2, 0.25) is 10.0 Å². The van der Waals surface area contributed by atoms with Crippen LogP contribution < -0.4 is 5.32 Å². The Morgan fingerprint density at radius 1 is 1.27 bits per heavy atom. The maximum absolute atomic E-state index is 8.48. The molecule has 0 saturated carbocycles. The minimum Gasteiger partial charge on any atom is -0.394 e. The third-order valence-electron chi connectivity index (χ3n) is 1.73. The second-order valence-corrected chi connectivity index (χ2v) is 3.73. The maximum Gasteiger partial charge on any atom is 0.0698 e. The summed E-state index contributed by atoms with van der Waals surface area (Å²) < 4.78 is 5.09. The summed E-state index contributed by atoms with van der Waals surface area (Å²) in [5.41, 5.74) is 0.827. The van der Waals surface area contributed by atoms with Crippen molar-refractivity contribution >= 4 is 28.9 Å². The number of aliphatic hydroxyl groups is 1. The number of ether oxygens (including phenoxy) is 1. The van der Waals surface area contributed by atoms with Gasteiger partial charge in [-0.25, -0.2) is 0 Å². The van der Waals surface area contributed by atoms with Crippen LogP contribution in [0.1, 0.15) is 0 Å². The molecule has 1 aromatic carbocycles. The molecule has 1 aromatic rings. The van der Waals surface area contributed by atoms with E-state index >= 15 is 0 Å². The third kappa shape index (κ3) is 4.71. The Morgan fingerprint density at radius 2 is 2.07 bits per heavy atom. The van der Waals surface area contributed by atoms with Crippen molar-refractivity contribution in [3.8, 4) is 0 Å². The van der Waals surface area contributed by atoms with Gasteiger partial charge in [0, 0.05) is 11.6 Å². The molecule has 1 rings (SSSR count). The van der Waals surface area contributed by atoms with E-state index in [1.54, 1.807) is 12.1 Å². The van der Waals surface area contributed by atoms with Gasteiger partial charge in [0.25, 0.3) is 0 Å². The van der Waals surface area contributed by atoms with Crippen molar-refractivity contribution in [1.82, 2.24) is 0 Å². The largest absolute Gasteiger partial charge is 0.394 e. The molecule has 0 bridgehead atoms. The van der Waals surface area contributed by atoms with E-state index in [9.17, 15) is 0 Å². The second kappa shape index (κ2) is 6.90. The van der Waals surface area contributed by atoms with E-state index in [-0.39, 0.29) is 6.61 Å². The lowest BCUT2D eigenvalue weighted by atomic mass is 10.3. The van der Waals surface area contributed by atoms with Crippen LogP contribution in [0.25, 0.3) is 0 Å². The first-order valence-corrected chi connectivity index (χ1v) is 5.37. The van der Waals surface area contributed by atoms with Gasteiger partial charge in [0.1, 0.15) is 0 Å². The minimum absolute atomic E-state index is 0.0434. The zero-order chi connectivity index (χ0) is 11.1. The number of rotatable bonds is 6. The average molecular weight is 250 g/mol. The van der Waals surface area contributed by atoms with E-state index in [1.807, 2.05) is 6.07 Å². The van der Waals surface area contributed by atoms with Crippen LogP contribution in [0.4, 0.5) is 5.69 Å². The fourth-order valence-corrected chi connectivity index (χ4v) is 1.53. The summed E-state index contributed by atoms with van der Waals surface area (Å²) in [4.78, 5) is 0. The Labute approximate surface area is 99.0 Å². The fourth-order valence-electron chi connectivity index (χ4n) is 1.06. The van der Waals surface area contributed by atoms with Crippen LogP contribution in [-0.4, -0.2) is 31.5 Å². The Bertz CT molecular complexity index is 307. The van der Waals surface area contributed by atoms with Gasteiger partial charge < -0.3 is 15.2 Å². The lowest BCUT2D eigenvalue weighted by Crippen LogP contribution is -2.11. The molecule has 0 aliphatic carbocycles. The third-order valence-corrected chi connectivity index (χ3v) is 2.28. The lowest BCUT2D eigenvalue weighted by molar-refractivity contribution is 0.0992. The van der Waals surface area contributed by atoms with Gasteiger partial charge in [-0.1, -0.05) is 23.2 Å². The smallest absolute Gasteiger partial charge is 0.0698 e. The molecule has 84 valence electrons. The standard InChI is InChI=1S/C10H13Cl2NO2/c11-8-1-2-10(9(12)7-8)13-3-5-15-6-4-14/h1-2,7,13-14H,3-6H2. The first kappa shape index (κ1) is 12.6. The molecule has 0 aliphatic rings. The molecule has 15 heavy (non-hydrogen) atoms. The molecule has 0 heterocycles. The maximum atomic E-state index is 8.48. The molecule has 5 heteroatoms. The zero-order valence-corrected chi connectivity index (χ0v) is 9.68. The molecule has 0 atom stereocenters. The van der Waals surface area contributed by atoms with Crippen molar-refractivity contribution < 1.29 is 9.84 Å². The van der Waals surface area contributed by atoms with Crippen molar-refractivity contribution in [3.05, 3.63) is 28.2 Å². The van der Waals surface area contributed by atoms with Crippen LogP contribution >= 0.6 is 23.2 Å². The molecule has 0 amide bonds. The molecule has 0 fully saturated rings. The molecule has 0 spiro atoms. The minimum atomic E-state index is 0.0434. The molecule has 3 nitrogen and oxygen atoms in total. The number of halogens is 2. The Hall–Kier alpha value is -0.480. The fraction of sp³-hybridized carbons (Fsp3) is 0.400. The summed E-state index contributed by atoms with van der Waals surface area (Å²) in [5, 5.41) is 12.8. The molecule has 0 aromatic heterocycles. The van der Waals surface area contributed by atoms with Gasteiger partial charge >= 0.3 is 0 Å². The summed E-state index contributed by atoms with van der Waals surface area (Å²) in [6.07, 6.45) is 0. The van der Waals surface area contributed by atoms with Gasteiger partial charge in [0.15, 0.2) is 0 Å². The van der Waals surface area contributed by atoms with E-state index in [0.717, 1.165) is 5.69 Å². The van der Waals surface area contributed by atoms with Crippen molar-refractivity contribution in [3.63, 3.8) is 0 Å². The predicted octanol–water partition coefficient (Wildman–Crippen LogP) is 2.41. The van der Waals surface area contributed by atoms with Crippen molar-refractivity contribution in [1.29, 1.82) is 0 Å². The van der Waals surface area contributed by atoms with Gasteiger partial charge in [0.05, 0.1) is 30.5 Å². The predicted molar refractivity (Wildman–Crippen MR) is 62.9 cm³/mol. The van der Waals surface area contributed by atoms with Crippen LogP contribution in [0.5, 0.6) is 0 Å². The first-order valence-electron chi connectivity index (χ1n) is 4.61. The number of nitrogens with one attached hydrogen (secondary N) is 1. The zero-order valence-electron chi connectivity index (χ0n) is 8.17. The highest BCUT2D eigenvalue weighted by Gasteiger charge is 1.99. The normalized spacial score (nSPS) is 10.3. The number of hydrogen-bond donors (Lipinski definition) is 2. The molecule has 0 aliphatic heterocycles. The first-order chi connectivity index (χ1) is 7.24. The van der Waals surface area contributed by atoms with Crippen molar-refractivity contribution in [2.24, 2.45) is 0 Å². The monoisotopic (exact) mass is 249 g/mol. The number of hydrogen-bond acceptors (Lipinski definition) is 3. The van der Waals surface area contributed by atoms with Gasteiger partial charge in [-0.15, -0.1) is 0 Å². The molecule has 0 radical (unpaired) electrons. The lowest BCUT2D eigenvalue weighted by Gasteiger charge is -2.08. The van der Waals surface area contributed by atoms with E-state index in [1.165, 1.54) is 0 Å². The highest BCUT2D eigenvalue weighted by atomic mass is 35.5. The van der Waals surface area contributed by atoms with Gasteiger partial charge in [0.2, 0.25) is 0 Å². The number of aliphatic hydroxyl groups excluding tert-OH is 1. The van der Waals surface area contributed by atoms with E-state index in [0.29, 0.717) is 29.8 Å². The Morgan fingerprint density at radius 3 is 2.73 bits per heavy atom. The Balaban J connectivity index is 2.31. The van der Waals surface area contributed by atoms with Gasteiger partial charge in [-0.3, -0.25) is 0 Å². The van der Waals surface area contributed by atoms with Crippen LogP contribution in [0, 0.1) is 0 Å². The molecule has 0 saturated heterocycles. The van der Waals surface area contributed by atoms with Crippen molar-refractivity contribution in [2.75, 3.05) is 31.7 Å². The molecular weight excluding hydrogens is 237 g/mol. The van der Waals surface area contributed by atoms with Gasteiger partial charge in [-0.2, -0.15) is 0 Å². The van der Waals surface area contributed by atoms with Crippen LogP contribution in [0.3, 0.4) is 0 Å². The highest BCUT2D eigenvalue weighted by molar-refractivity contribution is 6.36. The van der Waals surface area contributed by atoms with Crippen molar-refractivity contribution in [2.45, 2.75) is 0 Å². The van der Waals surface area contributed by atoms with Gasteiger partial charge in [-0.05, 0) is 18.2 Å². The topological polar surface area (TPSA) is 41.5 Å². The average Bonchev–Trinajstić information content (AvgIpc) is 2.20. The summed E-state index contributed by atoms with van der Waals surface area (Å²) in [5.74, 6) is 0. The van der Waals surface area contributed by atoms with E-state index < -0.39 is 0 Å². The molecule has 0 unspecified atom stereocenters. The number of anilines is 1. The Kier molecular flexibility index (Phi) is 5.79.